The van der Waals surface area contributed by atoms with Crippen LogP contribution in [0.1, 0.15) is 11.1 Å². The van der Waals surface area contributed by atoms with Crippen molar-refractivity contribution in [3.05, 3.63) is 46.0 Å². The Kier molecular flexibility index (Phi) is 4.25. The lowest BCUT2D eigenvalue weighted by Gasteiger charge is -2.12. The predicted octanol–water partition coefficient (Wildman–Crippen LogP) is 4.54. The van der Waals surface area contributed by atoms with Crippen LogP contribution in [0.3, 0.4) is 0 Å². The molecule has 1 N–H and O–H groups in total. The Labute approximate surface area is 100 Å². The maximum Gasteiger partial charge on any atom is 0.0655 e. The van der Waals surface area contributed by atoms with E-state index in [2.05, 4.69) is 11.9 Å². The van der Waals surface area contributed by atoms with Crippen LogP contribution < -0.4 is 5.32 Å². The van der Waals surface area contributed by atoms with E-state index in [0.717, 1.165) is 16.8 Å². The Morgan fingerprint density at radius 1 is 1.33 bits per heavy atom. The van der Waals surface area contributed by atoms with Gasteiger partial charge >= 0.3 is 0 Å². The standard InChI is InChI=1S/C12H13Cl2N/c1-4-5-6-9-8(2)12(15-3)11(14)7-10(9)13/h4-7,15H,1H2,2-3H3/b6-5-. The van der Waals surface area contributed by atoms with Crippen LogP contribution in [0, 0.1) is 6.92 Å². The fourth-order valence-electron chi connectivity index (χ4n) is 1.43. The average Bonchev–Trinajstić information content (AvgIpc) is 2.17. The Bertz CT molecular complexity index is 409. The first-order chi connectivity index (χ1) is 7.11. The van der Waals surface area contributed by atoms with Crippen LogP contribution in [0.5, 0.6) is 0 Å². The molecule has 0 unspecified atom stereocenters. The molecule has 0 saturated carbocycles. The van der Waals surface area contributed by atoms with Crippen LogP contribution >= 0.6 is 23.2 Å². The van der Waals surface area contributed by atoms with Crippen molar-refractivity contribution >= 4 is 35.0 Å². The van der Waals surface area contributed by atoms with Crippen molar-refractivity contribution in [2.75, 3.05) is 12.4 Å². The minimum absolute atomic E-state index is 0.635. The van der Waals surface area contributed by atoms with E-state index in [0.29, 0.717) is 10.0 Å². The smallest absolute Gasteiger partial charge is 0.0655 e. The van der Waals surface area contributed by atoms with Gasteiger partial charge in [-0.1, -0.05) is 48.0 Å². The third kappa shape index (κ3) is 2.55. The van der Waals surface area contributed by atoms with Gasteiger partial charge in [0.1, 0.15) is 0 Å². The van der Waals surface area contributed by atoms with Crippen LogP contribution in [-0.4, -0.2) is 7.05 Å². The number of nitrogens with one attached hydrogen (secondary N) is 1. The summed E-state index contributed by atoms with van der Waals surface area (Å²) in [4.78, 5) is 0. The van der Waals surface area contributed by atoms with Crippen LogP contribution in [-0.2, 0) is 0 Å². The number of hydrogen-bond acceptors (Lipinski definition) is 1. The van der Waals surface area contributed by atoms with Crippen LogP contribution in [0.25, 0.3) is 6.08 Å². The molecule has 1 rings (SSSR count). The molecule has 0 spiro atoms. The largest absolute Gasteiger partial charge is 0.387 e. The van der Waals surface area contributed by atoms with E-state index >= 15 is 0 Å². The molecule has 0 bridgehead atoms. The second-order valence-corrected chi connectivity index (χ2v) is 3.91. The van der Waals surface area contributed by atoms with Gasteiger partial charge in [0.25, 0.3) is 0 Å². The highest BCUT2D eigenvalue weighted by Crippen LogP contribution is 2.34. The third-order valence-electron chi connectivity index (χ3n) is 2.18. The topological polar surface area (TPSA) is 12.0 Å². The first-order valence-electron chi connectivity index (χ1n) is 4.57. The van der Waals surface area contributed by atoms with Crippen molar-refractivity contribution in [2.45, 2.75) is 6.92 Å². The Morgan fingerprint density at radius 3 is 2.53 bits per heavy atom. The maximum atomic E-state index is 6.10. The summed E-state index contributed by atoms with van der Waals surface area (Å²) in [6.45, 7) is 5.60. The summed E-state index contributed by atoms with van der Waals surface area (Å²) in [6.07, 6.45) is 5.48. The molecule has 3 heteroatoms. The van der Waals surface area contributed by atoms with Crippen molar-refractivity contribution in [2.24, 2.45) is 0 Å². The van der Waals surface area contributed by atoms with E-state index in [1.54, 1.807) is 12.1 Å². The zero-order chi connectivity index (χ0) is 11.4. The molecular weight excluding hydrogens is 229 g/mol. The zero-order valence-corrected chi connectivity index (χ0v) is 10.3. The van der Waals surface area contributed by atoms with Crippen molar-refractivity contribution < 1.29 is 0 Å². The van der Waals surface area contributed by atoms with Crippen molar-refractivity contribution in [3.63, 3.8) is 0 Å². The number of rotatable bonds is 3. The second-order valence-electron chi connectivity index (χ2n) is 3.10. The maximum absolute atomic E-state index is 6.10. The lowest BCUT2D eigenvalue weighted by atomic mass is 10.1. The van der Waals surface area contributed by atoms with E-state index in [1.165, 1.54) is 0 Å². The summed E-state index contributed by atoms with van der Waals surface area (Å²) in [5.41, 5.74) is 2.91. The van der Waals surface area contributed by atoms with E-state index < -0.39 is 0 Å². The molecule has 0 amide bonds. The summed E-state index contributed by atoms with van der Waals surface area (Å²) >= 11 is 12.2. The summed E-state index contributed by atoms with van der Waals surface area (Å²) < 4.78 is 0. The van der Waals surface area contributed by atoms with Crippen LogP contribution in [0.2, 0.25) is 10.0 Å². The van der Waals surface area contributed by atoms with Crippen molar-refractivity contribution in [3.8, 4) is 0 Å². The summed E-state index contributed by atoms with van der Waals surface area (Å²) in [6, 6.07) is 1.74. The first kappa shape index (κ1) is 12.2. The van der Waals surface area contributed by atoms with Gasteiger partial charge in [0.2, 0.25) is 0 Å². The molecule has 0 heterocycles. The minimum Gasteiger partial charge on any atom is -0.387 e. The fourth-order valence-corrected chi connectivity index (χ4v) is 2.14. The van der Waals surface area contributed by atoms with Gasteiger partial charge in [-0.2, -0.15) is 0 Å². The zero-order valence-electron chi connectivity index (χ0n) is 8.77. The van der Waals surface area contributed by atoms with Gasteiger partial charge in [-0.25, -0.2) is 0 Å². The fraction of sp³-hybridized carbons (Fsp3) is 0.167. The van der Waals surface area contributed by atoms with Crippen molar-refractivity contribution in [1.29, 1.82) is 0 Å². The molecule has 0 radical (unpaired) electrons. The lowest BCUT2D eigenvalue weighted by molar-refractivity contribution is 1.39. The third-order valence-corrected chi connectivity index (χ3v) is 2.79. The molecule has 0 aliphatic carbocycles. The van der Waals surface area contributed by atoms with Crippen LogP contribution in [0.4, 0.5) is 5.69 Å². The molecule has 1 nitrogen and oxygen atoms in total. The summed E-state index contributed by atoms with van der Waals surface area (Å²) in [7, 11) is 1.84. The highest BCUT2D eigenvalue weighted by atomic mass is 35.5. The SMILES string of the molecule is C=C/C=C\c1c(Cl)cc(Cl)c(NC)c1C. The molecular formula is C12H13Cl2N. The highest BCUT2D eigenvalue weighted by Gasteiger charge is 2.09. The van der Waals surface area contributed by atoms with E-state index in [-0.39, 0.29) is 0 Å². The molecule has 0 aromatic heterocycles. The molecule has 0 fully saturated rings. The second kappa shape index (κ2) is 5.24. The molecule has 15 heavy (non-hydrogen) atoms. The molecule has 0 saturated heterocycles. The van der Waals surface area contributed by atoms with E-state index in [1.807, 2.05) is 26.1 Å². The van der Waals surface area contributed by atoms with E-state index in [4.69, 9.17) is 23.2 Å². The average molecular weight is 242 g/mol. The monoisotopic (exact) mass is 241 g/mol. The molecule has 0 aliphatic heterocycles. The Morgan fingerprint density at radius 2 is 2.00 bits per heavy atom. The summed E-state index contributed by atoms with van der Waals surface area (Å²) in [5, 5.41) is 4.34. The number of allylic oxidation sites excluding steroid dienone is 2. The van der Waals surface area contributed by atoms with Gasteiger partial charge < -0.3 is 5.32 Å². The first-order valence-corrected chi connectivity index (χ1v) is 5.32. The number of halogens is 2. The van der Waals surface area contributed by atoms with Crippen LogP contribution in [0.15, 0.2) is 24.8 Å². The molecule has 0 aliphatic rings. The molecule has 1 aromatic rings. The Balaban J connectivity index is 3.38. The lowest BCUT2D eigenvalue weighted by Crippen LogP contribution is -1.95. The van der Waals surface area contributed by atoms with Gasteiger partial charge in [-0.15, -0.1) is 0 Å². The molecule has 1 aromatic carbocycles. The normalized spacial score (nSPS) is 10.7. The number of hydrogen-bond donors (Lipinski definition) is 1. The van der Waals surface area contributed by atoms with Gasteiger partial charge in [0.15, 0.2) is 0 Å². The summed E-state index contributed by atoms with van der Waals surface area (Å²) in [5.74, 6) is 0. The van der Waals surface area contributed by atoms with E-state index in [9.17, 15) is 0 Å². The van der Waals surface area contributed by atoms with Gasteiger partial charge in [0, 0.05) is 12.1 Å². The quantitative estimate of drug-likeness (QED) is 0.767. The number of anilines is 1. The van der Waals surface area contributed by atoms with Gasteiger partial charge in [-0.3, -0.25) is 0 Å². The van der Waals surface area contributed by atoms with Gasteiger partial charge in [0.05, 0.1) is 10.7 Å². The molecule has 0 atom stereocenters. The molecule has 80 valence electrons. The minimum atomic E-state index is 0.635. The Hall–Kier alpha value is -0.920. The highest BCUT2D eigenvalue weighted by molar-refractivity contribution is 6.37. The van der Waals surface area contributed by atoms with Gasteiger partial charge in [-0.05, 0) is 24.1 Å². The number of benzene rings is 1. The van der Waals surface area contributed by atoms with Crippen molar-refractivity contribution in [1.82, 2.24) is 0 Å². The predicted molar refractivity (Wildman–Crippen MR) is 70.0 cm³/mol.